The van der Waals surface area contributed by atoms with Crippen molar-refractivity contribution in [3.63, 3.8) is 0 Å². The monoisotopic (exact) mass is 386 g/mol. The van der Waals surface area contributed by atoms with Crippen LogP contribution in [0.5, 0.6) is 11.5 Å². The highest BCUT2D eigenvalue weighted by molar-refractivity contribution is 5.62. The Morgan fingerprint density at radius 1 is 1.21 bits per heavy atom. The molecule has 28 heavy (non-hydrogen) atoms. The lowest BCUT2D eigenvalue weighted by Crippen LogP contribution is -2.78. The quantitative estimate of drug-likeness (QED) is 0.602. The van der Waals surface area contributed by atoms with E-state index in [1.54, 1.807) is 6.07 Å². The predicted molar refractivity (Wildman–Crippen MR) is 104 cm³/mol. The van der Waals surface area contributed by atoms with E-state index >= 15 is 0 Å². The Kier molecular flexibility index (Phi) is 3.66. The third kappa shape index (κ3) is 2.07. The molecule has 152 valence electrons. The number of likely N-dealkylation sites (tertiary alicyclic amines) is 1. The van der Waals surface area contributed by atoms with E-state index in [0.717, 1.165) is 50.3 Å². The second kappa shape index (κ2) is 5.85. The number of benzene rings is 1. The Hall–Kier alpha value is -1.34. The van der Waals surface area contributed by atoms with E-state index in [2.05, 4.69) is 10.2 Å². The Labute approximate surface area is 165 Å². The number of nitrogens with one attached hydrogen (secondary N) is 1. The minimum atomic E-state index is -0.825. The Morgan fingerprint density at radius 2 is 2.07 bits per heavy atom. The number of phenols is 1. The van der Waals surface area contributed by atoms with Crippen LogP contribution in [0.1, 0.15) is 43.2 Å². The molecule has 2 heterocycles. The minimum Gasteiger partial charge on any atom is -0.504 e. The average molecular weight is 386 g/mol. The molecule has 0 radical (unpaired) electrons. The number of aromatic hydroxyl groups is 1. The number of aliphatic hydroxyl groups is 2. The molecule has 0 amide bonds. The topological polar surface area (TPSA) is 85.2 Å². The van der Waals surface area contributed by atoms with Gasteiger partial charge < -0.3 is 25.4 Å². The summed E-state index contributed by atoms with van der Waals surface area (Å²) in [5, 5.41) is 35.6. The van der Waals surface area contributed by atoms with Crippen LogP contribution in [0, 0.1) is 5.92 Å². The number of nitrogens with zero attached hydrogens (tertiary/aromatic N) is 1. The van der Waals surface area contributed by atoms with E-state index in [0.29, 0.717) is 12.3 Å². The Morgan fingerprint density at radius 3 is 2.86 bits per heavy atom. The average Bonchev–Trinajstić information content (AvgIpc) is 3.42. The summed E-state index contributed by atoms with van der Waals surface area (Å²) in [5.41, 5.74) is 1.00. The number of hydrogen-bond donors (Lipinski definition) is 4. The lowest BCUT2D eigenvalue weighted by molar-refractivity contribution is -0.191. The van der Waals surface area contributed by atoms with E-state index in [9.17, 15) is 15.3 Å². The molecule has 6 nitrogen and oxygen atoms in total. The highest BCUT2D eigenvalue weighted by Gasteiger charge is 2.72. The van der Waals surface area contributed by atoms with Crippen molar-refractivity contribution in [3.8, 4) is 11.5 Å². The van der Waals surface area contributed by atoms with Gasteiger partial charge in [0.1, 0.15) is 6.10 Å². The van der Waals surface area contributed by atoms with Crippen molar-refractivity contribution in [2.45, 2.75) is 67.7 Å². The zero-order valence-corrected chi connectivity index (χ0v) is 16.2. The van der Waals surface area contributed by atoms with Gasteiger partial charge >= 0.3 is 0 Å². The van der Waals surface area contributed by atoms with Crippen molar-refractivity contribution >= 4 is 0 Å². The van der Waals surface area contributed by atoms with Crippen LogP contribution >= 0.6 is 0 Å². The molecule has 0 aromatic heterocycles. The number of ether oxygens (including phenoxy) is 1. The van der Waals surface area contributed by atoms with Crippen LogP contribution in [0.4, 0.5) is 0 Å². The van der Waals surface area contributed by atoms with Crippen molar-refractivity contribution in [2.24, 2.45) is 5.92 Å². The maximum absolute atomic E-state index is 12.3. The first-order chi connectivity index (χ1) is 13.6. The normalized spacial score (nSPS) is 40.9. The van der Waals surface area contributed by atoms with Crippen LogP contribution in [0.2, 0.25) is 0 Å². The third-order valence-corrected chi connectivity index (χ3v) is 8.28. The van der Waals surface area contributed by atoms with Crippen molar-refractivity contribution < 1.29 is 20.1 Å². The maximum atomic E-state index is 12.3. The van der Waals surface area contributed by atoms with Gasteiger partial charge in [-0.3, -0.25) is 4.90 Å². The van der Waals surface area contributed by atoms with Crippen LogP contribution in [-0.2, 0) is 11.8 Å². The molecule has 2 aliphatic heterocycles. The number of phenolic OH excluding ortho intramolecular Hbond substituents is 1. The summed E-state index contributed by atoms with van der Waals surface area (Å²) in [4.78, 5) is 2.55. The lowest BCUT2D eigenvalue weighted by atomic mass is 9.48. The summed E-state index contributed by atoms with van der Waals surface area (Å²) in [6, 6.07) is 3.99. The van der Waals surface area contributed by atoms with E-state index in [1.165, 1.54) is 18.4 Å². The highest BCUT2D eigenvalue weighted by atomic mass is 16.5. The standard InChI is InChI=1S/C22H30N2O4/c25-10-8-23-15-5-6-22(27)17-11-14-3-4-16(26)19-18(14)21(22,20(15)28-19)7-9-24(17)12-13-1-2-13/h3-4,13,15,17,20,23,25-27H,1-2,5-12H2/t15?,17-,20+,21+,22-/m0/s1. The molecule has 1 saturated heterocycles. The maximum Gasteiger partial charge on any atom is 0.165 e. The predicted octanol–water partition coefficient (Wildman–Crippen LogP) is 0.907. The van der Waals surface area contributed by atoms with E-state index < -0.39 is 11.0 Å². The summed E-state index contributed by atoms with van der Waals surface area (Å²) in [5.74, 6) is 1.57. The van der Waals surface area contributed by atoms with Crippen LogP contribution in [0.15, 0.2) is 12.1 Å². The fourth-order valence-corrected chi connectivity index (χ4v) is 6.94. The summed E-state index contributed by atoms with van der Waals surface area (Å²) >= 11 is 0. The summed E-state index contributed by atoms with van der Waals surface area (Å²) in [6.45, 7) is 2.68. The van der Waals surface area contributed by atoms with Gasteiger partial charge in [-0.05, 0) is 62.6 Å². The van der Waals surface area contributed by atoms with Crippen molar-refractivity contribution in [2.75, 3.05) is 26.2 Å². The van der Waals surface area contributed by atoms with E-state index in [1.807, 2.05) is 6.07 Å². The molecule has 1 unspecified atom stereocenters. The molecule has 4 N–H and O–H groups in total. The van der Waals surface area contributed by atoms with Gasteiger partial charge in [0.15, 0.2) is 11.5 Å². The molecule has 3 aliphatic carbocycles. The van der Waals surface area contributed by atoms with Crippen LogP contribution < -0.4 is 10.1 Å². The molecule has 5 atom stereocenters. The zero-order chi connectivity index (χ0) is 19.1. The van der Waals surface area contributed by atoms with Crippen LogP contribution in [0.25, 0.3) is 0 Å². The van der Waals surface area contributed by atoms with Gasteiger partial charge in [-0.15, -0.1) is 0 Å². The molecule has 2 bridgehead atoms. The molecule has 1 spiro atoms. The first kappa shape index (κ1) is 17.5. The zero-order valence-electron chi connectivity index (χ0n) is 16.2. The SMILES string of the molecule is OCCNC1CC[C@]2(O)[C@@H]3Cc4ccc(O)c5c4[C@]2(CCN3CC2CC2)[C@@H]1O5. The van der Waals surface area contributed by atoms with E-state index in [4.69, 9.17) is 4.74 Å². The van der Waals surface area contributed by atoms with Gasteiger partial charge in [-0.2, -0.15) is 0 Å². The van der Waals surface area contributed by atoms with Crippen molar-refractivity contribution in [1.29, 1.82) is 0 Å². The minimum absolute atomic E-state index is 0.0702. The number of aliphatic hydroxyl groups excluding tert-OH is 1. The van der Waals surface area contributed by atoms with Crippen LogP contribution in [-0.4, -0.2) is 70.2 Å². The molecule has 6 rings (SSSR count). The summed E-state index contributed by atoms with van der Waals surface area (Å²) < 4.78 is 6.44. The van der Waals surface area contributed by atoms with Gasteiger partial charge in [0.25, 0.3) is 0 Å². The number of rotatable bonds is 5. The molecular formula is C22H30N2O4. The molecule has 2 saturated carbocycles. The number of hydrogen-bond acceptors (Lipinski definition) is 6. The van der Waals surface area contributed by atoms with Gasteiger partial charge in [-0.1, -0.05) is 6.07 Å². The summed E-state index contributed by atoms with van der Waals surface area (Å²) in [7, 11) is 0. The van der Waals surface area contributed by atoms with Gasteiger partial charge in [0.05, 0.1) is 17.6 Å². The highest BCUT2D eigenvalue weighted by Crippen LogP contribution is 2.65. The fraction of sp³-hybridized carbons (Fsp3) is 0.727. The second-order valence-corrected chi connectivity index (χ2v) is 9.61. The fourth-order valence-electron chi connectivity index (χ4n) is 6.94. The molecule has 6 heteroatoms. The lowest BCUT2D eigenvalue weighted by Gasteiger charge is -2.64. The first-order valence-electron chi connectivity index (χ1n) is 10.9. The molecule has 5 aliphatic rings. The Bertz CT molecular complexity index is 812. The first-order valence-corrected chi connectivity index (χ1v) is 10.9. The van der Waals surface area contributed by atoms with E-state index in [-0.39, 0.29) is 30.5 Å². The number of piperidine rings is 1. The van der Waals surface area contributed by atoms with Crippen molar-refractivity contribution in [3.05, 3.63) is 23.3 Å². The third-order valence-electron chi connectivity index (χ3n) is 8.28. The molecule has 1 aromatic carbocycles. The van der Waals surface area contributed by atoms with Gasteiger partial charge in [0.2, 0.25) is 0 Å². The van der Waals surface area contributed by atoms with Crippen molar-refractivity contribution in [1.82, 2.24) is 10.2 Å². The molecule has 3 fully saturated rings. The largest absolute Gasteiger partial charge is 0.504 e. The summed E-state index contributed by atoms with van der Waals surface area (Å²) in [6.07, 6.45) is 5.68. The van der Waals surface area contributed by atoms with Gasteiger partial charge in [-0.25, -0.2) is 0 Å². The Balaban J connectivity index is 1.49. The smallest absolute Gasteiger partial charge is 0.165 e. The molecule has 1 aromatic rings. The van der Waals surface area contributed by atoms with Gasteiger partial charge in [0, 0.05) is 30.7 Å². The van der Waals surface area contributed by atoms with Crippen LogP contribution in [0.3, 0.4) is 0 Å². The second-order valence-electron chi connectivity index (χ2n) is 9.61. The molecular weight excluding hydrogens is 356 g/mol.